The van der Waals surface area contributed by atoms with Crippen LogP contribution in [0, 0.1) is 23.6 Å². The number of hydrogen-bond acceptors (Lipinski definition) is 0. The van der Waals surface area contributed by atoms with E-state index in [-0.39, 0.29) is 5.82 Å². The summed E-state index contributed by atoms with van der Waals surface area (Å²) < 4.78 is 25.0. The largest absolute Gasteiger partial charge is 0.216 e. The standard InChI is InChI=1S/C26H38F2/c27-20-6-4-2-1-3-5-7-21-8-10-22(11-9-21)23-12-14-24(15-13-23)25-16-18-26(28)19-17-25/h6,16-24H,1-5,7-15H2/b20-6+/t21-,22-,23-,24-. The molecule has 2 aliphatic carbocycles. The van der Waals surface area contributed by atoms with Gasteiger partial charge in [0.1, 0.15) is 5.82 Å². The molecular weight excluding hydrogens is 350 g/mol. The van der Waals surface area contributed by atoms with Crippen molar-refractivity contribution in [2.75, 3.05) is 0 Å². The van der Waals surface area contributed by atoms with Crippen LogP contribution in [-0.4, -0.2) is 0 Å². The number of rotatable bonds is 9. The lowest BCUT2D eigenvalue weighted by Gasteiger charge is -2.38. The van der Waals surface area contributed by atoms with E-state index in [1.54, 1.807) is 18.2 Å². The van der Waals surface area contributed by atoms with Crippen molar-refractivity contribution in [3.05, 3.63) is 48.1 Å². The van der Waals surface area contributed by atoms with E-state index in [4.69, 9.17) is 0 Å². The van der Waals surface area contributed by atoms with Crippen molar-refractivity contribution in [2.24, 2.45) is 17.8 Å². The molecule has 0 amide bonds. The van der Waals surface area contributed by atoms with Crippen molar-refractivity contribution < 1.29 is 8.78 Å². The van der Waals surface area contributed by atoms with Crippen LogP contribution < -0.4 is 0 Å². The van der Waals surface area contributed by atoms with Gasteiger partial charge < -0.3 is 0 Å². The second-order valence-electron chi connectivity index (χ2n) is 9.30. The van der Waals surface area contributed by atoms with Crippen LogP contribution >= 0.6 is 0 Å². The van der Waals surface area contributed by atoms with Crippen molar-refractivity contribution >= 4 is 0 Å². The minimum Gasteiger partial charge on any atom is -0.216 e. The Kier molecular flexibility index (Phi) is 9.02. The topological polar surface area (TPSA) is 0 Å². The number of unbranched alkanes of at least 4 members (excludes halogenated alkanes) is 4. The van der Waals surface area contributed by atoms with E-state index in [9.17, 15) is 8.78 Å². The highest BCUT2D eigenvalue weighted by Gasteiger charge is 2.31. The smallest absolute Gasteiger partial charge is 0.123 e. The molecule has 2 heteroatoms. The molecule has 2 fully saturated rings. The molecule has 3 rings (SSSR count). The maximum Gasteiger partial charge on any atom is 0.123 e. The van der Waals surface area contributed by atoms with Crippen molar-refractivity contribution in [3.63, 3.8) is 0 Å². The lowest BCUT2D eigenvalue weighted by molar-refractivity contribution is 0.155. The van der Waals surface area contributed by atoms with E-state index in [1.807, 2.05) is 12.1 Å². The summed E-state index contributed by atoms with van der Waals surface area (Å²) in [5.41, 5.74) is 1.34. The Morgan fingerprint density at radius 1 is 0.750 bits per heavy atom. The van der Waals surface area contributed by atoms with Gasteiger partial charge in [-0.2, -0.15) is 0 Å². The molecule has 0 radical (unpaired) electrons. The molecule has 156 valence electrons. The fraction of sp³-hybridized carbons (Fsp3) is 0.692. The number of allylic oxidation sites excluding steroid dienone is 1. The SMILES string of the molecule is F/C=C/CCCCCC[C@H]1CC[C@H]([C@H]2CC[C@H](c3ccc(F)cc3)CC2)CC1. The third-order valence-electron chi connectivity index (χ3n) is 7.49. The highest BCUT2D eigenvalue weighted by Crippen LogP contribution is 2.44. The van der Waals surface area contributed by atoms with Crippen LogP contribution in [0.2, 0.25) is 0 Å². The van der Waals surface area contributed by atoms with Gasteiger partial charge in [-0.05, 0) is 92.7 Å². The van der Waals surface area contributed by atoms with Crippen LogP contribution in [0.4, 0.5) is 8.78 Å². The molecular formula is C26H38F2. The maximum absolute atomic E-state index is 13.1. The van der Waals surface area contributed by atoms with Gasteiger partial charge >= 0.3 is 0 Å². The van der Waals surface area contributed by atoms with Crippen molar-refractivity contribution in [2.45, 2.75) is 95.8 Å². The van der Waals surface area contributed by atoms with Crippen LogP contribution in [-0.2, 0) is 0 Å². The average molecular weight is 389 g/mol. The van der Waals surface area contributed by atoms with Gasteiger partial charge in [-0.1, -0.05) is 56.7 Å². The first-order chi connectivity index (χ1) is 13.8. The maximum atomic E-state index is 13.1. The number of halogens is 2. The average Bonchev–Trinajstić information content (AvgIpc) is 2.74. The van der Waals surface area contributed by atoms with Gasteiger partial charge in [-0.25, -0.2) is 8.78 Å². The Labute approximate surface area is 170 Å². The van der Waals surface area contributed by atoms with Crippen molar-refractivity contribution in [3.8, 4) is 0 Å². The fourth-order valence-electron chi connectivity index (χ4n) is 5.72. The van der Waals surface area contributed by atoms with Gasteiger partial charge in [0.15, 0.2) is 0 Å². The van der Waals surface area contributed by atoms with E-state index < -0.39 is 0 Å². The van der Waals surface area contributed by atoms with Gasteiger partial charge in [0, 0.05) is 0 Å². The third kappa shape index (κ3) is 6.71. The first-order valence-electron chi connectivity index (χ1n) is 11.8. The molecule has 1 aromatic rings. The van der Waals surface area contributed by atoms with E-state index in [1.165, 1.54) is 82.6 Å². The summed E-state index contributed by atoms with van der Waals surface area (Å²) in [5.74, 6) is 3.37. The predicted molar refractivity (Wildman–Crippen MR) is 114 cm³/mol. The summed E-state index contributed by atoms with van der Waals surface area (Å²) in [6, 6.07) is 7.21. The lowest BCUT2D eigenvalue weighted by Crippen LogP contribution is -2.25. The van der Waals surface area contributed by atoms with Crippen molar-refractivity contribution in [1.29, 1.82) is 0 Å². The zero-order valence-corrected chi connectivity index (χ0v) is 17.4. The Bertz CT molecular complexity index is 561. The van der Waals surface area contributed by atoms with Gasteiger partial charge in [-0.15, -0.1) is 0 Å². The second-order valence-corrected chi connectivity index (χ2v) is 9.30. The molecule has 2 saturated carbocycles. The Morgan fingerprint density at radius 3 is 2.00 bits per heavy atom. The molecule has 1 aromatic carbocycles. The normalized spacial score (nSPS) is 28.6. The molecule has 0 spiro atoms. The van der Waals surface area contributed by atoms with E-state index >= 15 is 0 Å². The number of benzene rings is 1. The Hall–Kier alpha value is -1.18. The molecule has 0 saturated heterocycles. The molecule has 0 N–H and O–H groups in total. The molecule has 0 bridgehead atoms. The zero-order chi connectivity index (χ0) is 19.6. The summed E-state index contributed by atoms with van der Waals surface area (Å²) in [5, 5.41) is 0. The summed E-state index contributed by atoms with van der Waals surface area (Å²) in [7, 11) is 0. The van der Waals surface area contributed by atoms with Gasteiger partial charge in [0.05, 0.1) is 6.33 Å². The van der Waals surface area contributed by atoms with Gasteiger partial charge in [-0.3, -0.25) is 0 Å². The third-order valence-corrected chi connectivity index (χ3v) is 7.49. The van der Waals surface area contributed by atoms with Crippen LogP contribution in [0.5, 0.6) is 0 Å². The van der Waals surface area contributed by atoms with E-state index in [2.05, 4.69) is 0 Å². The summed E-state index contributed by atoms with van der Waals surface area (Å²) >= 11 is 0. The fourth-order valence-corrected chi connectivity index (χ4v) is 5.72. The first kappa shape index (κ1) is 21.5. The molecule has 0 atom stereocenters. The molecule has 0 unspecified atom stereocenters. The first-order valence-corrected chi connectivity index (χ1v) is 11.8. The molecule has 28 heavy (non-hydrogen) atoms. The Balaban J connectivity index is 1.29. The minimum absolute atomic E-state index is 0.122. The Morgan fingerprint density at radius 2 is 1.36 bits per heavy atom. The van der Waals surface area contributed by atoms with E-state index in [0.29, 0.717) is 12.2 Å². The lowest BCUT2D eigenvalue weighted by atomic mass is 9.68. The highest BCUT2D eigenvalue weighted by atomic mass is 19.1. The second kappa shape index (κ2) is 11.7. The summed E-state index contributed by atoms with van der Waals surface area (Å²) in [6.07, 6.45) is 20.7. The van der Waals surface area contributed by atoms with Crippen LogP contribution in [0.1, 0.15) is 101 Å². The van der Waals surface area contributed by atoms with Crippen LogP contribution in [0.25, 0.3) is 0 Å². The van der Waals surface area contributed by atoms with E-state index in [0.717, 1.165) is 30.6 Å². The highest BCUT2D eigenvalue weighted by molar-refractivity contribution is 5.21. The predicted octanol–water partition coefficient (Wildman–Crippen LogP) is 8.73. The van der Waals surface area contributed by atoms with Gasteiger partial charge in [0.2, 0.25) is 0 Å². The van der Waals surface area contributed by atoms with Crippen molar-refractivity contribution in [1.82, 2.24) is 0 Å². The molecule has 0 aromatic heterocycles. The quantitative estimate of drug-likeness (QED) is 0.371. The molecule has 0 aliphatic heterocycles. The summed E-state index contributed by atoms with van der Waals surface area (Å²) in [4.78, 5) is 0. The zero-order valence-electron chi connectivity index (χ0n) is 17.4. The number of hydrogen-bond donors (Lipinski definition) is 0. The monoisotopic (exact) mass is 388 g/mol. The molecule has 0 heterocycles. The minimum atomic E-state index is -0.122. The molecule has 2 aliphatic rings. The summed E-state index contributed by atoms with van der Waals surface area (Å²) in [6.45, 7) is 0. The van der Waals surface area contributed by atoms with Crippen LogP contribution in [0.3, 0.4) is 0 Å². The van der Waals surface area contributed by atoms with Gasteiger partial charge in [0.25, 0.3) is 0 Å². The molecule has 0 nitrogen and oxygen atoms in total. The van der Waals surface area contributed by atoms with Crippen LogP contribution in [0.15, 0.2) is 36.7 Å².